The number of aromatic nitrogens is 2. The molecule has 0 fully saturated rings. The van der Waals surface area contributed by atoms with Crippen LogP contribution in [0.25, 0.3) is 0 Å². The molecule has 0 atom stereocenters. The number of benzene rings is 1. The van der Waals surface area contributed by atoms with Crippen LogP contribution >= 0.6 is 27.5 Å². The lowest BCUT2D eigenvalue weighted by atomic mass is 10.2. The van der Waals surface area contributed by atoms with Crippen LogP contribution in [0.15, 0.2) is 38.3 Å². The molecule has 94 valence electrons. The number of hydrogen-bond acceptors (Lipinski definition) is 2. The molecule has 2 aromatic rings. The van der Waals surface area contributed by atoms with Crippen molar-refractivity contribution in [2.24, 2.45) is 0 Å². The molecule has 0 aliphatic rings. The van der Waals surface area contributed by atoms with Crippen LogP contribution in [-0.2, 0) is 6.54 Å². The third-order valence-corrected chi connectivity index (χ3v) is 3.79. The summed E-state index contributed by atoms with van der Waals surface area (Å²) in [7, 11) is 0. The Labute approximate surface area is 116 Å². The molecule has 0 aliphatic heterocycles. The van der Waals surface area contributed by atoms with E-state index in [2.05, 4.69) is 20.9 Å². The van der Waals surface area contributed by atoms with Crippen LogP contribution in [-0.4, -0.2) is 9.55 Å². The van der Waals surface area contributed by atoms with Gasteiger partial charge in [0.15, 0.2) is 0 Å². The summed E-state index contributed by atoms with van der Waals surface area (Å²) < 4.78 is 1.98. The highest BCUT2D eigenvalue weighted by molar-refractivity contribution is 9.10. The fourth-order valence-corrected chi connectivity index (χ4v) is 2.16. The zero-order valence-corrected chi connectivity index (χ0v) is 11.9. The van der Waals surface area contributed by atoms with Gasteiger partial charge in [-0.15, -0.1) is 0 Å². The summed E-state index contributed by atoms with van der Waals surface area (Å²) in [5.41, 5.74) is 0.306. The molecule has 1 N–H and O–H groups in total. The second-order valence-electron chi connectivity index (χ2n) is 3.85. The first-order valence-electron chi connectivity index (χ1n) is 5.23. The highest BCUT2D eigenvalue weighted by atomic mass is 79.9. The van der Waals surface area contributed by atoms with Gasteiger partial charge in [0.25, 0.3) is 5.56 Å². The maximum atomic E-state index is 12.0. The predicted octanol–water partition coefficient (Wildman–Crippen LogP) is 2.31. The van der Waals surface area contributed by atoms with Crippen molar-refractivity contribution in [1.29, 1.82) is 0 Å². The van der Waals surface area contributed by atoms with Crippen LogP contribution in [0, 0.1) is 6.92 Å². The zero-order valence-electron chi connectivity index (χ0n) is 9.54. The lowest BCUT2D eigenvalue weighted by Gasteiger charge is -2.08. The molecule has 6 heteroatoms. The van der Waals surface area contributed by atoms with Gasteiger partial charge in [-0.2, -0.15) is 0 Å². The van der Waals surface area contributed by atoms with Gasteiger partial charge in [-0.25, -0.2) is 4.79 Å². The first-order chi connectivity index (χ1) is 8.50. The summed E-state index contributed by atoms with van der Waals surface area (Å²) in [6.45, 7) is 1.78. The van der Waals surface area contributed by atoms with Gasteiger partial charge < -0.3 is 0 Å². The van der Waals surface area contributed by atoms with Crippen LogP contribution in [0.5, 0.6) is 0 Å². The van der Waals surface area contributed by atoms with Crippen LogP contribution < -0.4 is 11.2 Å². The van der Waals surface area contributed by atoms with Crippen molar-refractivity contribution in [2.75, 3.05) is 0 Å². The van der Waals surface area contributed by atoms with Crippen molar-refractivity contribution in [3.05, 3.63) is 65.9 Å². The lowest BCUT2D eigenvalue weighted by Crippen LogP contribution is -2.36. The van der Waals surface area contributed by atoms with Gasteiger partial charge in [-0.05, 0) is 18.6 Å². The molecule has 0 amide bonds. The molecular weight excluding hydrogens is 320 g/mol. The molecule has 4 nitrogen and oxygen atoms in total. The van der Waals surface area contributed by atoms with E-state index >= 15 is 0 Å². The average molecular weight is 330 g/mol. The van der Waals surface area contributed by atoms with Crippen molar-refractivity contribution >= 4 is 27.5 Å². The first-order valence-corrected chi connectivity index (χ1v) is 6.40. The van der Waals surface area contributed by atoms with Gasteiger partial charge in [0, 0.05) is 10.0 Å². The normalized spacial score (nSPS) is 10.6. The number of aromatic amines is 1. The fourth-order valence-electron chi connectivity index (χ4n) is 1.58. The summed E-state index contributed by atoms with van der Waals surface area (Å²) >= 11 is 9.13. The Bertz CT molecular complexity index is 706. The third-order valence-electron chi connectivity index (χ3n) is 2.64. The number of halogens is 2. The summed E-state index contributed by atoms with van der Waals surface area (Å²) in [5, 5.41) is 0.0911. The summed E-state index contributed by atoms with van der Waals surface area (Å²) in [4.78, 5) is 26.2. The Balaban J connectivity index is 2.55. The zero-order chi connectivity index (χ0) is 13.3. The second-order valence-corrected chi connectivity index (χ2v) is 5.08. The van der Waals surface area contributed by atoms with Gasteiger partial charge in [0.1, 0.15) is 5.15 Å². The minimum Gasteiger partial charge on any atom is -0.297 e. The summed E-state index contributed by atoms with van der Waals surface area (Å²) in [5.74, 6) is 0. The number of hydrogen-bond donors (Lipinski definition) is 1. The van der Waals surface area contributed by atoms with Crippen LogP contribution in [0.1, 0.15) is 11.1 Å². The van der Waals surface area contributed by atoms with Gasteiger partial charge in [0.05, 0.1) is 6.54 Å². The number of rotatable bonds is 2. The molecule has 0 saturated heterocycles. The Morgan fingerprint density at radius 3 is 2.67 bits per heavy atom. The van der Waals surface area contributed by atoms with E-state index in [1.165, 1.54) is 0 Å². The Morgan fingerprint density at radius 1 is 1.33 bits per heavy atom. The monoisotopic (exact) mass is 328 g/mol. The van der Waals surface area contributed by atoms with E-state index in [1.807, 2.05) is 24.3 Å². The van der Waals surface area contributed by atoms with E-state index in [0.29, 0.717) is 5.56 Å². The molecule has 0 saturated carbocycles. The maximum absolute atomic E-state index is 12.0. The summed E-state index contributed by atoms with van der Waals surface area (Å²) in [6.07, 6.45) is 0. The number of nitrogens with one attached hydrogen (secondary N) is 1. The Hall–Kier alpha value is -1.33. The van der Waals surface area contributed by atoms with E-state index in [4.69, 9.17) is 11.6 Å². The Morgan fingerprint density at radius 2 is 2.00 bits per heavy atom. The highest BCUT2D eigenvalue weighted by Gasteiger charge is 2.10. The molecule has 0 aliphatic carbocycles. The average Bonchev–Trinajstić information content (AvgIpc) is 2.34. The standard InChI is InChI=1S/C12H10BrClN2O2/c1-7-10(14)15-12(18)16(11(7)17)6-8-4-2-3-5-9(8)13/h2-5H,6H2,1H3,(H,15,18). The molecule has 1 aromatic carbocycles. The molecule has 0 unspecified atom stereocenters. The second kappa shape index (κ2) is 5.12. The van der Waals surface area contributed by atoms with Crippen molar-refractivity contribution in [2.45, 2.75) is 13.5 Å². The van der Waals surface area contributed by atoms with Gasteiger partial charge in [-0.1, -0.05) is 45.7 Å². The van der Waals surface area contributed by atoms with Crippen LogP contribution in [0.4, 0.5) is 0 Å². The number of H-pyrrole nitrogens is 1. The maximum Gasteiger partial charge on any atom is 0.329 e. The van der Waals surface area contributed by atoms with E-state index in [1.54, 1.807) is 6.92 Å². The SMILES string of the molecule is Cc1c(Cl)[nH]c(=O)n(Cc2ccccc2Br)c1=O. The molecular formula is C12H10BrClN2O2. The minimum absolute atomic E-state index is 0.0911. The molecule has 18 heavy (non-hydrogen) atoms. The van der Waals surface area contributed by atoms with Crippen molar-refractivity contribution < 1.29 is 0 Å². The Kier molecular flexibility index (Phi) is 3.73. The molecule has 0 spiro atoms. The topological polar surface area (TPSA) is 54.9 Å². The number of nitrogens with zero attached hydrogens (tertiary/aromatic N) is 1. The van der Waals surface area contributed by atoms with E-state index in [0.717, 1.165) is 14.6 Å². The first kappa shape index (κ1) is 13.1. The van der Waals surface area contributed by atoms with E-state index in [9.17, 15) is 9.59 Å². The molecule has 1 heterocycles. The lowest BCUT2D eigenvalue weighted by molar-refractivity contribution is 0.690. The van der Waals surface area contributed by atoms with Crippen molar-refractivity contribution in [1.82, 2.24) is 9.55 Å². The molecule has 1 aromatic heterocycles. The van der Waals surface area contributed by atoms with Crippen molar-refractivity contribution in [3.63, 3.8) is 0 Å². The summed E-state index contributed by atoms with van der Waals surface area (Å²) in [6, 6.07) is 7.42. The smallest absolute Gasteiger partial charge is 0.297 e. The minimum atomic E-state index is -0.508. The predicted molar refractivity (Wildman–Crippen MR) is 74.3 cm³/mol. The molecule has 2 rings (SSSR count). The highest BCUT2D eigenvalue weighted by Crippen LogP contribution is 2.16. The molecule has 0 radical (unpaired) electrons. The molecule has 0 bridgehead atoms. The van der Waals surface area contributed by atoms with E-state index in [-0.39, 0.29) is 17.3 Å². The van der Waals surface area contributed by atoms with Gasteiger partial charge >= 0.3 is 5.69 Å². The fraction of sp³-hybridized carbons (Fsp3) is 0.167. The van der Waals surface area contributed by atoms with Crippen LogP contribution in [0.2, 0.25) is 5.15 Å². The van der Waals surface area contributed by atoms with Gasteiger partial charge in [-0.3, -0.25) is 14.3 Å². The van der Waals surface area contributed by atoms with Crippen LogP contribution in [0.3, 0.4) is 0 Å². The third kappa shape index (κ3) is 2.42. The quantitative estimate of drug-likeness (QED) is 0.860. The van der Waals surface area contributed by atoms with E-state index < -0.39 is 5.69 Å². The largest absolute Gasteiger partial charge is 0.329 e. The van der Waals surface area contributed by atoms with Crippen molar-refractivity contribution in [3.8, 4) is 0 Å². The van der Waals surface area contributed by atoms with Gasteiger partial charge in [0.2, 0.25) is 0 Å².